The van der Waals surface area contributed by atoms with Crippen LogP contribution in [0, 0.1) is 5.92 Å². The van der Waals surface area contributed by atoms with Crippen molar-refractivity contribution >= 4 is 37.8 Å². The van der Waals surface area contributed by atoms with Crippen molar-refractivity contribution < 1.29 is 9.90 Å². The van der Waals surface area contributed by atoms with Crippen LogP contribution < -0.4 is 5.32 Å². The summed E-state index contributed by atoms with van der Waals surface area (Å²) in [7, 11) is 0. The van der Waals surface area contributed by atoms with E-state index in [-0.39, 0.29) is 24.5 Å². The minimum atomic E-state index is -0.224. The number of nitrogens with one attached hydrogen (secondary N) is 1. The lowest BCUT2D eigenvalue weighted by Crippen LogP contribution is -2.41. The van der Waals surface area contributed by atoms with E-state index in [0.717, 1.165) is 8.95 Å². The third kappa shape index (κ3) is 4.08. The molecule has 0 aliphatic rings. The van der Waals surface area contributed by atoms with Gasteiger partial charge in [0.2, 0.25) is 0 Å². The van der Waals surface area contributed by atoms with Gasteiger partial charge >= 0.3 is 0 Å². The summed E-state index contributed by atoms with van der Waals surface area (Å²) in [6, 6.07) is 5.14. The number of hydrogen-bond acceptors (Lipinski definition) is 2. The van der Waals surface area contributed by atoms with Crippen molar-refractivity contribution in [3.8, 4) is 0 Å². The highest BCUT2D eigenvalue weighted by molar-refractivity contribution is 9.11. The first kappa shape index (κ1) is 14.7. The molecule has 0 spiro atoms. The summed E-state index contributed by atoms with van der Waals surface area (Å²) in [6.07, 6.45) is 0. The molecule has 0 saturated heterocycles. The van der Waals surface area contributed by atoms with E-state index >= 15 is 0 Å². The zero-order valence-electron chi connectivity index (χ0n) is 9.71. The van der Waals surface area contributed by atoms with Gasteiger partial charge in [-0.2, -0.15) is 0 Å². The summed E-state index contributed by atoms with van der Waals surface area (Å²) in [5, 5.41) is 12.0. The monoisotopic (exact) mass is 363 g/mol. The predicted octanol–water partition coefficient (Wildman–Crippen LogP) is 2.96. The first-order valence-electron chi connectivity index (χ1n) is 5.32. The lowest BCUT2D eigenvalue weighted by molar-refractivity contribution is 0.0896. The maximum atomic E-state index is 12.0. The first-order chi connectivity index (χ1) is 7.95. The van der Waals surface area contributed by atoms with Crippen molar-refractivity contribution in [2.75, 3.05) is 6.61 Å². The van der Waals surface area contributed by atoms with Gasteiger partial charge in [-0.3, -0.25) is 4.79 Å². The van der Waals surface area contributed by atoms with Gasteiger partial charge < -0.3 is 10.4 Å². The molecule has 0 heterocycles. The van der Waals surface area contributed by atoms with E-state index in [0.29, 0.717) is 5.56 Å². The standard InChI is InChI=1S/C12H15Br2NO2/c1-7(2)11(6-16)15-12(17)9-4-3-8(13)5-10(9)14/h3-5,7,11,16H,6H2,1-2H3,(H,15,17). The Balaban J connectivity index is 2.82. The van der Waals surface area contributed by atoms with Crippen LogP contribution in [0.4, 0.5) is 0 Å². The number of halogens is 2. The molecule has 1 unspecified atom stereocenters. The summed E-state index contributed by atoms with van der Waals surface area (Å²) in [5.74, 6) is 0.00954. The topological polar surface area (TPSA) is 49.3 Å². The Morgan fingerprint density at radius 3 is 2.53 bits per heavy atom. The van der Waals surface area contributed by atoms with E-state index in [4.69, 9.17) is 0 Å². The van der Waals surface area contributed by atoms with Crippen LogP contribution in [0.3, 0.4) is 0 Å². The number of amides is 1. The maximum Gasteiger partial charge on any atom is 0.252 e. The van der Waals surface area contributed by atoms with Gasteiger partial charge in [0, 0.05) is 8.95 Å². The van der Waals surface area contributed by atoms with Crippen molar-refractivity contribution in [3.63, 3.8) is 0 Å². The van der Waals surface area contributed by atoms with Crippen LogP contribution in [0.15, 0.2) is 27.1 Å². The molecule has 0 aliphatic heterocycles. The van der Waals surface area contributed by atoms with Crippen molar-refractivity contribution in [3.05, 3.63) is 32.7 Å². The number of aliphatic hydroxyl groups is 1. The highest BCUT2D eigenvalue weighted by Gasteiger charge is 2.17. The van der Waals surface area contributed by atoms with E-state index in [1.54, 1.807) is 6.07 Å². The second-order valence-corrected chi connectivity index (χ2v) is 5.90. The highest BCUT2D eigenvalue weighted by Crippen LogP contribution is 2.22. The van der Waals surface area contributed by atoms with E-state index in [9.17, 15) is 9.90 Å². The van der Waals surface area contributed by atoms with Crippen LogP contribution in [0.25, 0.3) is 0 Å². The number of rotatable bonds is 4. The fraction of sp³-hybridized carbons (Fsp3) is 0.417. The Labute approximate surface area is 118 Å². The molecule has 94 valence electrons. The molecule has 1 amide bonds. The molecule has 5 heteroatoms. The van der Waals surface area contributed by atoms with Crippen molar-refractivity contribution in [1.82, 2.24) is 5.32 Å². The van der Waals surface area contributed by atoms with Crippen LogP contribution in [0.1, 0.15) is 24.2 Å². The average molecular weight is 365 g/mol. The van der Waals surface area contributed by atoms with Gasteiger partial charge in [0.05, 0.1) is 18.2 Å². The second-order valence-electron chi connectivity index (χ2n) is 4.13. The summed E-state index contributed by atoms with van der Waals surface area (Å²) in [6.45, 7) is 3.85. The zero-order chi connectivity index (χ0) is 13.0. The largest absolute Gasteiger partial charge is 0.394 e. The van der Waals surface area contributed by atoms with E-state index in [1.165, 1.54) is 0 Å². The summed E-state index contributed by atoms with van der Waals surface area (Å²) in [4.78, 5) is 12.0. The molecule has 0 aliphatic carbocycles. The Kier molecular flexibility index (Phi) is 5.62. The molecule has 1 aromatic rings. The normalized spacial score (nSPS) is 12.6. The Hall–Kier alpha value is -0.390. The fourth-order valence-electron chi connectivity index (χ4n) is 1.34. The summed E-state index contributed by atoms with van der Waals surface area (Å²) < 4.78 is 1.63. The van der Waals surface area contributed by atoms with Gasteiger partial charge in [-0.25, -0.2) is 0 Å². The molecule has 3 nitrogen and oxygen atoms in total. The van der Waals surface area contributed by atoms with Crippen LogP contribution in [0.5, 0.6) is 0 Å². The second kappa shape index (κ2) is 6.52. The lowest BCUT2D eigenvalue weighted by atomic mass is 10.0. The molecule has 0 aromatic heterocycles. The molecule has 0 radical (unpaired) electrons. The van der Waals surface area contributed by atoms with E-state index in [1.807, 2.05) is 26.0 Å². The molecular formula is C12H15Br2NO2. The van der Waals surface area contributed by atoms with Gasteiger partial charge in [-0.1, -0.05) is 29.8 Å². The van der Waals surface area contributed by atoms with Crippen LogP contribution in [-0.2, 0) is 0 Å². The molecule has 17 heavy (non-hydrogen) atoms. The number of hydrogen-bond donors (Lipinski definition) is 2. The zero-order valence-corrected chi connectivity index (χ0v) is 12.9. The highest BCUT2D eigenvalue weighted by atomic mass is 79.9. The maximum absolute atomic E-state index is 12.0. The molecule has 0 saturated carbocycles. The van der Waals surface area contributed by atoms with Gasteiger partial charge in [0.1, 0.15) is 0 Å². The van der Waals surface area contributed by atoms with Crippen molar-refractivity contribution in [2.45, 2.75) is 19.9 Å². The Morgan fingerprint density at radius 2 is 2.06 bits per heavy atom. The predicted molar refractivity (Wildman–Crippen MR) is 75.0 cm³/mol. The molecule has 1 aromatic carbocycles. The molecular weight excluding hydrogens is 350 g/mol. The number of carbonyl (C=O) groups is 1. The molecule has 2 N–H and O–H groups in total. The minimum absolute atomic E-state index is 0.0580. The number of carbonyl (C=O) groups excluding carboxylic acids is 1. The summed E-state index contributed by atoms with van der Waals surface area (Å²) in [5.41, 5.74) is 0.562. The van der Waals surface area contributed by atoms with Gasteiger partial charge in [-0.15, -0.1) is 0 Å². The minimum Gasteiger partial charge on any atom is -0.394 e. The van der Waals surface area contributed by atoms with Gasteiger partial charge in [-0.05, 0) is 40.0 Å². The lowest BCUT2D eigenvalue weighted by Gasteiger charge is -2.20. The van der Waals surface area contributed by atoms with Crippen molar-refractivity contribution in [2.24, 2.45) is 5.92 Å². The molecule has 0 fully saturated rings. The third-order valence-corrected chi connectivity index (χ3v) is 3.64. The molecule has 1 rings (SSSR count). The van der Waals surface area contributed by atoms with Gasteiger partial charge in [0.25, 0.3) is 5.91 Å². The first-order valence-corrected chi connectivity index (χ1v) is 6.91. The SMILES string of the molecule is CC(C)C(CO)NC(=O)c1ccc(Br)cc1Br. The fourth-order valence-corrected chi connectivity index (χ4v) is 2.57. The number of benzene rings is 1. The smallest absolute Gasteiger partial charge is 0.252 e. The van der Waals surface area contributed by atoms with E-state index < -0.39 is 0 Å². The third-order valence-electron chi connectivity index (χ3n) is 2.49. The quantitative estimate of drug-likeness (QED) is 0.862. The van der Waals surface area contributed by atoms with Crippen LogP contribution in [0.2, 0.25) is 0 Å². The Bertz CT molecular complexity index is 407. The molecule has 0 bridgehead atoms. The van der Waals surface area contributed by atoms with Crippen LogP contribution >= 0.6 is 31.9 Å². The Morgan fingerprint density at radius 1 is 1.41 bits per heavy atom. The number of aliphatic hydroxyl groups excluding tert-OH is 1. The molecule has 1 atom stereocenters. The summed E-state index contributed by atoms with van der Waals surface area (Å²) >= 11 is 6.67. The van der Waals surface area contributed by atoms with Crippen molar-refractivity contribution in [1.29, 1.82) is 0 Å². The van der Waals surface area contributed by atoms with Crippen LogP contribution in [-0.4, -0.2) is 23.7 Å². The average Bonchev–Trinajstić information content (AvgIpc) is 2.24. The van der Waals surface area contributed by atoms with Gasteiger partial charge in [0.15, 0.2) is 0 Å². The van der Waals surface area contributed by atoms with E-state index in [2.05, 4.69) is 37.2 Å².